The molecule has 4 N–H and O–H groups in total. The number of ether oxygens (including phenoxy) is 1. The Kier molecular flexibility index (Phi) is 4.33. The molecule has 22 heavy (non-hydrogen) atoms. The van der Waals surface area contributed by atoms with Gasteiger partial charge >= 0.3 is 6.09 Å². The minimum atomic E-state index is -3.48. The van der Waals surface area contributed by atoms with Crippen molar-refractivity contribution in [1.82, 2.24) is 9.80 Å². The molecule has 0 saturated carbocycles. The SMILES string of the molecule is [B]C1([B])N(C)C([B])([B])C(O)(O)N(C(=O)OC(C)(C)C)C1(O)O. The van der Waals surface area contributed by atoms with Gasteiger partial charge in [-0.25, -0.2) is 9.69 Å². The minimum Gasteiger partial charge on any atom is -0.443 e. The summed E-state index contributed by atoms with van der Waals surface area (Å²) in [4.78, 5) is 12.3. The molecule has 114 valence electrons. The lowest BCUT2D eigenvalue weighted by Crippen LogP contribution is -2.91. The third-order valence-electron chi connectivity index (χ3n) is 3.38. The van der Waals surface area contributed by atoms with Crippen LogP contribution in [0.2, 0.25) is 0 Å². The summed E-state index contributed by atoms with van der Waals surface area (Å²) < 4.78 is 4.88. The van der Waals surface area contributed by atoms with E-state index in [9.17, 15) is 25.2 Å². The van der Waals surface area contributed by atoms with Crippen LogP contribution in [-0.4, -0.2) is 103 Å². The quantitative estimate of drug-likeness (QED) is 0.270. The summed E-state index contributed by atoms with van der Waals surface area (Å²) in [5.74, 6) is -6.95. The number of carbonyl (C=O) groups excluding carboxylic acids is 1. The largest absolute Gasteiger partial charge is 0.443 e. The molecular weight excluding hydrogens is 287 g/mol. The number of carbonyl (C=O) groups is 1. The number of amides is 1. The zero-order valence-electron chi connectivity index (χ0n) is 12.8. The van der Waals surface area contributed by atoms with Gasteiger partial charge in [0.05, 0.1) is 31.4 Å². The van der Waals surface area contributed by atoms with E-state index in [1.54, 1.807) is 0 Å². The van der Waals surface area contributed by atoms with E-state index in [2.05, 4.69) is 0 Å². The van der Waals surface area contributed by atoms with Gasteiger partial charge in [0.25, 0.3) is 11.8 Å². The maximum absolute atomic E-state index is 12.2. The first-order valence-corrected chi connectivity index (χ1v) is 6.23. The van der Waals surface area contributed by atoms with Crippen molar-refractivity contribution in [2.45, 2.75) is 48.9 Å². The van der Waals surface area contributed by atoms with Crippen LogP contribution >= 0.6 is 0 Å². The van der Waals surface area contributed by atoms with Crippen molar-refractivity contribution >= 4 is 37.5 Å². The lowest BCUT2D eigenvalue weighted by atomic mass is 9.47. The van der Waals surface area contributed by atoms with E-state index in [0.29, 0.717) is 4.90 Å². The lowest BCUT2D eigenvalue weighted by molar-refractivity contribution is -0.422. The summed E-state index contributed by atoms with van der Waals surface area (Å²) in [5.41, 5.74) is -1.11. The van der Waals surface area contributed by atoms with E-state index < -0.39 is 34.2 Å². The van der Waals surface area contributed by atoms with Crippen molar-refractivity contribution in [3.05, 3.63) is 0 Å². The Bertz CT molecular complexity index is 449. The second kappa shape index (κ2) is 4.91. The van der Waals surface area contributed by atoms with E-state index in [1.807, 2.05) is 0 Å². The molecule has 0 aromatic rings. The van der Waals surface area contributed by atoms with Crippen molar-refractivity contribution in [1.29, 1.82) is 0 Å². The summed E-state index contributed by atoms with van der Waals surface area (Å²) in [6.07, 6.45) is -1.56. The van der Waals surface area contributed by atoms with Crippen molar-refractivity contribution in [3.8, 4) is 0 Å². The predicted octanol–water partition coefficient (Wildman–Crippen LogP) is -3.57. The first-order valence-electron chi connectivity index (χ1n) is 6.23. The highest BCUT2D eigenvalue weighted by Crippen LogP contribution is 2.42. The molecule has 1 rings (SSSR count). The van der Waals surface area contributed by atoms with Gasteiger partial charge in [-0.3, -0.25) is 0 Å². The van der Waals surface area contributed by atoms with Gasteiger partial charge in [0.1, 0.15) is 5.60 Å². The fourth-order valence-electron chi connectivity index (χ4n) is 1.89. The Balaban J connectivity index is 3.48. The summed E-state index contributed by atoms with van der Waals surface area (Å²) in [6.45, 7) is 4.39. The maximum Gasteiger partial charge on any atom is 0.418 e. The molecular formula is C10H16B4N2O6. The van der Waals surface area contributed by atoms with Gasteiger partial charge in [0.2, 0.25) is 0 Å². The number of likely N-dealkylation sites (N-methyl/N-ethyl adjacent to an activating group) is 1. The van der Waals surface area contributed by atoms with Crippen molar-refractivity contribution in [2.24, 2.45) is 0 Å². The molecule has 8 nitrogen and oxygen atoms in total. The standard InChI is InChI=1S/C10H16B4N2O6/c1-6(2,3)22-5(17)16-9(18,19)7(11,12)15(4)8(13,14)10(16,20)21/h18-21H,1-4H3. The molecule has 12 heteroatoms. The summed E-state index contributed by atoms with van der Waals surface area (Å²) in [6, 6.07) is 0. The second-order valence-corrected chi connectivity index (χ2v) is 6.30. The average Bonchev–Trinajstić information content (AvgIpc) is 2.22. The number of nitrogens with zero attached hydrogens (tertiary/aromatic N) is 2. The fraction of sp³-hybridized carbons (Fsp3) is 0.900. The number of piperazine rings is 1. The molecule has 0 unspecified atom stereocenters. The van der Waals surface area contributed by atoms with Crippen LogP contribution in [0.3, 0.4) is 0 Å². The molecule has 0 bridgehead atoms. The second-order valence-electron chi connectivity index (χ2n) is 6.30. The van der Waals surface area contributed by atoms with Crippen LogP contribution in [-0.2, 0) is 4.74 Å². The average molecular weight is 303 g/mol. The van der Waals surface area contributed by atoms with E-state index in [1.165, 1.54) is 20.8 Å². The summed E-state index contributed by atoms with van der Waals surface area (Å²) in [7, 11) is 23.2. The van der Waals surface area contributed by atoms with Gasteiger partial charge < -0.3 is 30.1 Å². The van der Waals surface area contributed by atoms with Crippen LogP contribution in [0.15, 0.2) is 0 Å². The van der Waals surface area contributed by atoms with Crippen molar-refractivity contribution in [3.63, 3.8) is 0 Å². The molecule has 1 aliphatic rings. The zero-order chi connectivity index (χ0) is 17.9. The molecule has 0 atom stereocenters. The third-order valence-corrected chi connectivity index (χ3v) is 3.38. The van der Waals surface area contributed by atoms with Crippen LogP contribution < -0.4 is 0 Å². The molecule has 0 spiro atoms. The van der Waals surface area contributed by atoms with Gasteiger partial charge in [-0.05, 0) is 27.8 Å². The minimum absolute atomic E-state index is 0.328. The maximum atomic E-state index is 12.2. The Morgan fingerprint density at radius 3 is 1.55 bits per heavy atom. The number of rotatable bonds is 0. The van der Waals surface area contributed by atoms with Crippen LogP contribution in [0, 0.1) is 0 Å². The van der Waals surface area contributed by atoms with Gasteiger partial charge in [-0.2, -0.15) is 0 Å². The predicted molar refractivity (Wildman–Crippen MR) is 78.7 cm³/mol. The molecule has 0 aromatic carbocycles. The van der Waals surface area contributed by atoms with Gasteiger partial charge in [-0.15, -0.1) is 0 Å². The summed E-state index contributed by atoms with van der Waals surface area (Å²) >= 11 is 0. The van der Waals surface area contributed by atoms with E-state index in [0.717, 1.165) is 7.05 Å². The monoisotopic (exact) mass is 304 g/mol. The zero-order valence-corrected chi connectivity index (χ0v) is 12.8. The number of aliphatic hydroxyl groups is 4. The van der Waals surface area contributed by atoms with Crippen LogP contribution in [0.5, 0.6) is 0 Å². The number of hydrogen-bond donors (Lipinski definition) is 4. The fourth-order valence-corrected chi connectivity index (χ4v) is 1.89. The van der Waals surface area contributed by atoms with E-state index >= 15 is 0 Å². The molecule has 1 amide bonds. The first kappa shape index (κ1) is 19.4. The topological polar surface area (TPSA) is 114 Å². The molecule has 0 aliphatic carbocycles. The molecule has 1 aliphatic heterocycles. The summed E-state index contributed by atoms with van der Waals surface area (Å²) in [5, 5.41) is 35.2. The van der Waals surface area contributed by atoms with Crippen molar-refractivity contribution < 1.29 is 30.0 Å². The van der Waals surface area contributed by atoms with Gasteiger partial charge in [0.15, 0.2) is 0 Å². The highest BCUT2D eigenvalue weighted by Gasteiger charge is 2.69. The molecule has 1 fully saturated rings. The Labute approximate surface area is 134 Å². The Morgan fingerprint density at radius 2 is 1.27 bits per heavy atom. The third kappa shape index (κ3) is 2.56. The van der Waals surface area contributed by atoms with Crippen LogP contribution in [0.25, 0.3) is 0 Å². The van der Waals surface area contributed by atoms with Crippen LogP contribution in [0.4, 0.5) is 4.79 Å². The lowest BCUT2D eigenvalue weighted by Gasteiger charge is -2.66. The molecule has 0 aromatic heterocycles. The molecule has 1 saturated heterocycles. The smallest absolute Gasteiger partial charge is 0.418 e. The van der Waals surface area contributed by atoms with Gasteiger partial charge in [0, 0.05) is 10.7 Å². The number of hydrogen-bond acceptors (Lipinski definition) is 7. The Hall–Kier alpha value is -0.670. The van der Waals surface area contributed by atoms with E-state index in [-0.39, 0.29) is 4.90 Å². The van der Waals surface area contributed by atoms with E-state index in [4.69, 9.17) is 36.1 Å². The highest BCUT2D eigenvalue weighted by atomic mass is 16.6. The van der Waals surface area contributed by atoms with Gasteiger partial charge in [-0.1, -0.05) is 0 Å². The van der Waals surface area contributed by atoms with Crippen LogP contribution in [0.1, 0.15) is 20.8 Å². The normalized spacial score (nSPS) is 26.5. The van der Waals surface area contributed by atoms with Crippen molar-refractivity contribution in [2.75, 3.05) is 7.05 Å². The molecule has 1 heterocycles. The first-order chi connectivity index (χ1) is 9.40. The molecule has 8 radical (unpaired) electrons. The highest BCUT2D eigenvalue weighted by molar-refractivity contribution is 6.45. The Morgan fingerprint density at radius 1 is 0.955 bits per heavy atom.